The maximum Gasteiger partial charge on any atom is 0.341 e. The van der Waals surface area contributed by atoms with E-state index in [9.17, 15) is 14.4 Å². The summed E-state index contributed by atoms with van der Waals surface area (Å²) in [6, 6.07) is 3.97. The second-order valence-corrected chi connectivity index (χ2v) is 7.62. The maximum absolute atomic E-state index is 12.4. The van der Waals surface area contributed by atoms with Crippen molar-refractivity contribution in [3.8, 4) is 5.75 Å². The first kappa shape index (κ1) is 21.6. The third-order valence-electron chi connectivity index (χ3n) is 4.15. The number of nitrogens with one attached hydrogen (secondary N) is 1. The molecule has 150 valence electrons. The summed E-state index contributed by atoms with van der Waals surface area (Å²) in [7, 11) is 0. The van der Waals surface area contributed by atoms with Crippen molar-refractivity contribution in [3.63, 3.8) is 0 Å². The molecule has 0 atom stereocenters. The second-order valence-electron chi connectivity index (χ2n) is 6.60. The molecule has 0 unspecified atom stereocenters. The molecule has 0 fully saturated rings. The van der Waals surface area contributed by atoms with Gasteiger partial charge in [0.15, 0.2) is 12.4 Å². The zero-order valence-corrected chi connectivity index (χ0v) is 17.8. The van der Waals surface area contributed by atoms with Crippen LogP contribution in [0.2, 0.25) is 0 Å². The van der Waals surface area contributed by atoms with E-state index >= 15 is 0 Å². The van der Waals surface area contributed by atoms with E-state index in [0.717, 1.165) is 28.0 Å². The van der Waals surface area contributed by atoms with E-state index in [1.165, 1.54) is 6.92 Å². The van der Waals surface area contributed by atoms with Crippen LogP contribution in [0.5, 0.6) is 5.75 Å². The van der Waals surface area contributed by atoms with E-state index in [2.05, 4.69) is 5.32 Å². The molecule has 0 radical (unpaired) electrons. The number of aryl methyl sites for hydroxylation is 3. The number of thiophene rings is 1. The number of esters is 1. The normalized spacial score (nSPS) is 10.5. The van der Waals surface area contributed by atoms with Crippen molar-refractivity contribution in [2.24, 2.45) is 0 Å². The monoisotopic (exact) mass is 403 g/mol. The Morgan fingerprint density at radius 3 is 2.21 bits per heavy atom. The lowest BCUT2D eigenvalue weighted by molar-refractivity contribution is -0.118. The Labute approximate surface area is 168 Å². The van der Waals surface area contributed by atoms with Crippen LogP contribution >= 0.6 is 11.3 Å². The number of anilines is 1. The summed E-state index contributed by atoms with van der Waals surface area (Å²) in [5, 5.41) is 2.99. The summed E-state index contributed by atoms with van der Waals surface area (Å²) in [4.78, 5) is 37.0. The molecule has 2 rings (SSSR count). The number of benzene rings is 1. The molecule has 7 heteroatoms. The topological polar surface area (TPSA) is 81.7 Å². The average molecular weight is 404 g/mol. The fraction of sp³-hybridized carbons (Fsp3) is 0.381. The van der Waals surface area contributed by atoms with Gasteiger partial charge >= 0.3 is 5.97 Å². The van der Waals surface area contributed by atoms with Crippen LogP contribution < -0.4 is 10.1 Å². The van der Waals surface area contributed by atoms with Crippen LogP contribution in [-0.4, -0.2) is 30.9 Å². The molecular weight excluding hydrogens is 378 g/mol. The standard InChI is InChI=1S/C21H25NO5S/c1-7-26-21(25)17-14(5)19(15(6)23)28-20(17)22-16(24)10-27-18-12(3)8-11(2)9-13(18)4/h8-9H,7,10H2,1-6H3,(H,22,24). The quantitative estimate of drug-likeness (QED) is 0.548. The molecular formula is C21H25NO5S. The van der Waals surface area contributed by atoms with Crippen molar-refractivity contribution in [2.45, 2.75) is 41.5 Å². The second kappa shape index (κ2) is 9.01. The Bertz CT molecular complexity index is 906. The number of amides is 1. The van der Waals surface area contributed by atoms with E-state index in [-0.39, 0.29) is 24.6 Å². The molecule has 0 saturated carbocycles. The highest BCUT2D eigenvalue weighted by Crippen LogP contribution is 2.34. The number of hydrogen-bond acceptors (Lipinski definition) is 6. The zero-order chi connectivity index (χ0) is 21.0. The van der Waals surface area contributed by atoms with E-state index in [1.807, 2.05) is 32.9 Å². The van der Waals surface area contributed by atoms with Crippen LogP contribution in [0, 0.1) is 27.7 Å². The van der Waals surface area contributed by atoms with Crippen LogP contribution in [0.25, 0.3) is 0 Å². The Balaban J connectivity index is 2.21. The van der Waals surface area contributed by atoms with Gasteiger partial charge < -0.3 is 14.8 Å². The SMILES string of the molecule is CCOC(=O)c1c(NC(=O)COc2c(C)cc(C)cc2C)sc(C(C)=O)c1C. The fourth-order valence-electron chi connectivity index (χ4n) is 3.08. The van der Waals surface area contributed by atoms with Crippen molar-refractivity contribution in [1.29, 1.82) is 0 Å². The summed E-state index contributed by atoms with van der Waals surface area (Å²) in [6.45, 7) is 10.6. The molecule has 1 heterocycles. The smallest absolute Gasteiger partial charge is 0.341 e. The molecule has 1 aromatic carbocycles. The largest absolute Gasteiger partial charge is 0.483 e. The highest BCUT2D eigenvalue weighted by Gasteiger charge is 2.25. The lowest BCUT2D eigenvalue weighted by Crippen LogP contribution is -2.21. The fourth-order valence-corrected chi connectivity index (χ4v) is 4.19. The minimum Gasteiger partial charge on any atom is -0.483 e. The Morgan fingerprint density at radius 1 is 1.07 bits per heavy atom. The maximum atomic E-state index is 12.4. The lowest BCUT2D eigenvalue weighted by Gasteiger charge is -2.13. The zero-order valence-electron chi connectivity index (χ0n) is 17.0. The summed E-state index contributed by atoms with van der Waals surface area (Å²) in [5.41, 5.74) is 3.74. The molecule has 1 N–H and O–H groups in total. The first-order chi connectivity index (χ1) is 13.1. The van der Waals surface area contributed by atoms with Gasteiger partial charge in [-0.2, -0.15) is 0 Å². The molecule has 0 aliphatic heterocycles. The number of ketones is 1. The van der Waals surface area contributed by atoms with Crippen LogP contribution in [0.3, 0.4) is 0 Å². The molecule has 2 aromatic rings. The van der Waals surface area contributed by atoms with Crippen LogP contribution in [0.1, 0.15) is 56.1 Å². The number of hydrogen-bond donors (Lipinski definition) is 1. The highest BCUT2D eigenvalue weighted by molar-refractivity contribution is 7.18. The van der Waals surface area contributed by atoms with Crippen molar-refractivity contribution in [3.05, 3.63) is 44.8 Å². The van der Waals surface area contributed by atoms with Crippen molar-refractivity contribution in [1.82, 2.24) is 0 Å². The lowest BCUT2D eigenvalue weighted by atomic mass is 10.1. The Kier molecular flexibility index (Phi) is 6.96. The summed E-state index contributed by atoms with van der Waals surface area (Å²) >= 11 is 1.07. The summed E-state index contributed by atoms with van der Waals surface area (Å²) < 4.78 is 10.8. The predicted molar refractivity (Wildman–Crippen MR) is 110 cm³/mol. The van der Waals surface area contributed by atoms with Gasteiger partial charge in [0.25, 0.3) is 5.91 Å². The van der Waals surface area contributed by atoms with Crippen molar-refractivity contribution >= 4 is 34.0 Å². The first-order valence-corrected chi connectivity index (χ1v) is 9.79. The molecule has 0 spiro atoms. The van der Waals surface area contributed by atoms with Gasteiger partial charge in [-0.05, 0) is 58.2 Å². The molecule has 28 heavy (non-hydrogen) atoms. The van der Waals surface area contributed by atoms with E-state index < -0.39 is 11.9 Å². The molecule has 0 bridgehead atoms. The van der Waals surface area contributed by atoms with E-state index in [0.29, 0.717) is 21.2 Å². The van der Waals surface area contributed by atoms with Gasteiger partial charge in [0.05, 0.1) is 17.0 Å². The molecule has 1 aromatic heterocycles. The number of rotatable bonds is 7. The minimum absolute atomic E-state index is 0.171. The Morgan fingerprint density at radius 2 is 1.68 bits per heavy atom. The minimum atomic E-state index is -0.565. The van der Waals surface area contributed by atoms with Crippen molar-refractivity contribution in [2.75, 3.05) is 18.5 Å². The number of carbonyl (C=O) groups is 3. The van der Waals surface area contributed by atoms with Crippen LogP contribution in [-0.2, 0) is 9.53 Å². The Hall–Kier alpha value is -2.67. The van der Waals surface area contributed by atoms with Crippen molar-refractivity contribution < 1.29 is 23.9 Å². The molecule has 0 aliphatic rings. The van der Waals surface area contributed by atoms with Gasteiger partial charge in [-0.15, -0.1) is 11.3 Å². The third kappa shape index (κ3) is 4.78. The number of carbonyl (C=O) groups excluding carboxylic acids is 3. The third-order valence-corrected chi connectivity index (χ3v) is 5.46. The highest BCUT2D eigenvalue weighted by atomic mass is 32.1. The van der Waals surface area contributed by atoms with Gasteiger partial charge in [-0.1, -0.05) is 17.7 Å². The van der Waals surface area contributed by atoms with Crippen LogP contribution in [0.15, 0.2) is 12.1 Å². The molecule has 1 amide bonds. The average Bonchev–Trinajstić information content (AvgIpc) is 2.90. The molecule has 0 saturated heterocycles. The van der Waals surface area contributed by atoms with Gasteiger partial charge in [0.1, 0.15) is 10.8 Å². The van der Waals surface area contributed by atoms with E-state index in [4.69, 9.17) is 9.47 Å². The van der Waals surface area contributed by atoms with Gasteiger partial charge in [-0.3, -0.25) is 9.59 Å². The van der Waals surface area contributed by atoms with Gasteiger partial charge in [-0.25, -0.2) is 4.79 Å². The van der Waals surface area contributed by atoms with Crippen LogP contribution in [0.4, 0.5) is 5.00 Å². The van der Waals surface area contributed by atoms with E-state index in [1.54, 1.807) is 13.8 Å². The van der Waals surface area contributed by atoms with Gasteiger partial charge in [0, 0.05) is 0 Å². The summed E-state index contributed by atoms with van der Waals surface area (Å²) in [5.74, 6) is -0.486. The first-order valence-electron chi connectivity index (χ1n) is 8.97. The molecule has 0 aliphatic carbocycles. The number of ether oxygens (including phenoxy) is 2. The summed E-state index contributed by atoms with van der Waals surface area (Å²) in [6.07, 6.45) is 0. The number of Topliss-reactive ketones (excluding diaryl/α,β-unsaturated/α-hetero) is 1. The molecule has 6 nitrogen and oxygen atoms in total. The van der Waals surface area contributed by atoms with Gasteiger partial charge in [0.2, 0.25) is 0 Å². The predicted octanol–water partition coefficient (Wildman–Crippen LogP) is 4.38.